The van der Waals surface area contributed by atoms with Crippen molar-refractivity contribution in [3.8, 4) is 0 Å². The van der Waals surface area contributed by atoms with Gasteiger partial charge in [-0.15, -0.1) is 0 Å². The van der Waals surface area contributed by atoms with Gasteiger partial charge in [0.05, 0.1) is 34.4 Å². The van der Waals surface area contributed by atoms with Crippen molar-refractivity contribution in [2.45, 2.75) is 122 Å². The number of rotatable bonds is 32. The Hall–Kier alpha value is -3.75. The third-order valence-corrected chi connectivity index (χ3v) is 7.73. The summed E-state index contributed by atoms with van der Waals surface area (Å²) in [6.07, 6.45) is 44.8. The standard InChI is InChI=1S/C44H69NO7/c1-6-8-10-12-14-16-18-19-20-21-22-23-25-26-28-30-32-34-42(46)51-39-40(38-50-37-36-41(44(48)49)45(3,4)5)52-43(47)35-33-31-29-27-24-17-15-13-11-9-7-2/h8-11,14-17,19-20,22-23,26-29,40-41H,6-7,12-13,18,21,24-25,30-39H2,1-5H3/p+1/b10-8+,11-9+,16-14+,17-15+,20-19+,23-22+,28-26+,29-27+. The molecule has 0 aliphatic carbocycles. The predicted octanol–water partition coefficient (Wildman–Crippen LogP) is 9.96. The number of hydrogen-bond donors (Lipinski definition) is 1. The van der Waals surface area contributed by atoms with Gasteiger partial charge in [-0.2, -0.15) is 0 Å². The highest BCUT2D eigenvalue weighted by atomic mass is 16.6. The van der Waals surface area contributed by atoms with Crippen LogP contribution in [0.2, 0.25) is 0 Å². The van der Waals surface area contributed by atoms with Crippen molar-refractivity contribution in [1.29, 1.82) is 0 Å². The van der Waals surface area contributed by atoms with E-state index in [1.54, 1.807) is 0 Å². The average molecular weight is 725 g/mol. The van der Waals surface area contributed by atoms with E-state index in [2.05, 4.69) is 111 Å². The fraction of sp³-hybridized carbons (Fsp3) is 0.568. The molecule has 0 aromatic heterocycles. The average Bonchev–Trinajstić information content (AvgIpc) is 3.09. The number of likely N-dealkylation sites (N-methyl/N-ethyl adjacent to an activating group) is 1. The minimum absolute atomic E-state index is 0.0161. The highest BCUT2D eigenvalue weighted by molar-refractivity contribution is 5.72. The Bertz CT molecular complexity index is 1170. The Labute approximate surface area is 316 Å². The van der Waals surface area contributed by atoms with E-state index in [1.165, 1.54) is 0 Å². The van der Waals surface area contributed by atoms with Crippen molar-refractivity contribution in [2.24, 2.45) is 0 Å². The lowest BCUT2D eigenvalue weighted by molar-refractivity contribution is -0.887. The van der Waals surface area contributed by atoms with Crippen molar-refractivity contribution in [2.75, 3.05) is 41.0 Å². The van der Waals surface area contributed by atoms with E-state index < -0.39 is 18.1 Å². The number of nitrogens with zero attached hydrogens (tertiary/aromatic N) is 1. The third-order valence-electron chi connectivity index (χ3n) is 7.73. The van der Waals surface area contributed by atoms with Crippen LogP contribution in [0.15, 0.2) is 97.2 Å². The van der Waals surface area contributed by atoms with E-state index in [4.69, 9.17) is 14.2 Å². The molecule has 0 saturated carbocycles. The maximum Gasteiger partial charge on any atom is 0.362 e. The lowest BCUT2D eigenvalue weighted by Crippen LogP contribution is -2.50. The number of allylic oxidation sites excluding steroid dienone is 16. The molecule has 52 heavy (non-hydrogen) atoms. The third kappa shape index (κ3) is 32.2. The largest absolute Gasteiger partial charge is 0.477 e. The number of aliphatic carboxylic acids is 1. The summed E-state index contributed by atoms with van der Waals surface area (Å²) in [4.78, 5) is 36.7. The summed E-state index contributed by atoms with van der Waals surface area (Å²) in [5.74, 6) is -1.63. The van der Waals surface area contributed by atoms with Gasteiger partial charge in [0.15, 0.2) is 12.1 Å². The number of hydrogen-bond acceptors (Lipinski definition) is 6. The molecule has 0 spiro atoms. The van der Waals surface area contributed by atoms with E-state index in [-0.39, 0.29) is 49.1 Å². The smallest absolute Gasteiger partial charge is 0.362 e. The minimum atomic E-state index is -0.896. The topological polar surface area (TPSA) is 99.1 Å². The number of esters is 2. The van der Waals surface area contributed by atoms with Gasteiger partial charge in [-0.25, -0.2) is 4.79 Å². The van der Waals surface area contributed by atoms with Gasteiger partial charge < -0.3 is 23.8 Å². The molecule has 2 unspecified atom stereocenters. The molecule has 0 heterocycles. The summed E-state index contributed by atoms with van der Waals surface area (Å²) < 4.78 is 17.1. The van der Waals surface area contributed by atoms with Gasteiger partial charge in [0.25, 0.3) is 0 Å². The molecule has 0 radical (unpaired) electrons. The zero-order chi connectivity index (χ0) is 38.5. The van der Waals surface area contributed by atoms with E-state index in [1.807, 2.05) is 21.1 Å². The molecule has 1 N–H and O–H groups in total. The number of ether oxygens (including phenoxy) is 3. The van der Waals surface area contributed by atoms with E-state index in [9.17, 15) is 19.5 Å². The first-order chi connectivity index (χ1) is 25.1. The van der Waals surface area contributed by atoms with Crippen molar-refractivity contribution >= 4 is 17.9 Å². The first-order valence-corrected chi connectivity index (χ1v) is 19.3. The van der Waals surface area contributed by atoms with Gasteiger partial charge in [0.1, 0.15) is 6.61 Å². The lowest BCUT2D eigenvalue weighted by atomic mass is 10.1. The number of carbonyl (C=O) groups is 3. The van der Waals surface area contributed by atoms with Gasteiger partial charge in [-0.1, -0.05) is 111 Å². The van der Waals surface area contributed by atoms with Gasteiger partial charge in [0, 0.05) is 19.3 Å². The summed E-state index contributed by atoms with van der Waals surface area (Å²) in [5.41, 5.74) is 0. The van der Waals surface area contributed by atoms with E-state index in [0.717, 1.165) is 64.2 Å². The zero-order valence-electron chi connectivity index (χ0n) is 33.0. The fourth-order valence-electron chi connectivity index (χ4n) is 4.79. The van der Waals surface area contributed by atoms with Crippen LogP contribution < -0.4 is 0 Å². The molecular formula is C44H70NO7+. The van der Waals surface area contributed by atoms with Gasteiger partial charge in [-0.05, 0) is 77.0 Å². The van der Waals surface area contributed by atoms with Crippen LogP contribution in [0.3, 0.4) is 0 Å². The predicted molar refractivity (Wildman–Crippen MR) is 215 cm³/mol. The Morgan fingerprint density at radius 2 is 0.981 bits per heavy atom. The molecule has 0 bridgehead atoms. The summed E-state index contributed by atoms with van der Waals surface area (Å²) in [5, 5.41) is 9.58. The second-order valence-electron chi connectivity index (χ2n) is 13.4. The Morgan fingerprint density at radius 1 is 0.577 bits per heavy atom. The van der Waals surface area contributed by atoms with E-state index >= 15 is 0 Å². The van der Waals surface area contributed by atoms with Crippen molar-refractivity contribution in [3.05, 3.63) is 97.2 Å². The highest BCUT2D eigenvalue weighted by Gasteiger charge is 2.31. The summed E-state index contributed by atoms with van der Waals surface area (Å²) >= 11 is 0. The minimum Gasteiger partial charge on any atom is -0.477 e. The molecule has 292 valence electrons. The molecule has 8 heteroatoms. The van der Waals surface area contributed by atoms with Crippen LogP contribution in [-0.4, -0.2) is 80.6 Å². The normalized spacial score (nSPS) is 14.1. The molecule has 0 aliphatic heterocycles. The monoisotopic (exact) mass is 725 g/mol. The van der Waals surface area contributed by atoms with Crippen LogP contribution in [0.4, 0.5) is 0 Å². The fourth-order valence-corrected chi connectivity index (χ4v) is 4.79. The summed E-state index contributed by atoms with van der Waals surface area (Å²) in [6.45, 7) is 4.34. The SMILES string of the molecule is CC/C=C/C/C=C/C/C=C/C/C=C/C/C=C/CCCC(=O)OCC(COCCC(C(=O)O)[N+](C)(C)C)OC(=O)CCC/C=C/C/C=C/C/C=C/CC. The molecule has 0 aliphatic rings. The van der Waals surface area contributed by atoms with Crippen LogP contribution in [0.25, 0.3) is 0 Å². The van der Waals surface area contributed by atoms with Crippen molar-refractivity contribution in [1.82, 2.24) is 0 Å². The first-order valence-electron chi connectivity index (χ1n) is 19.3. The summed E-state index contributed by atoms with van der Waals surface area (Å²) in [6, 6.07) is -0.636. The number of quaternary nitrogens is 1. The quantitative estimate of drug-likeness (QED) is 0.0319. The van der Waals surface area contributed by atoms with Crippen LogP contribution in [0.5, 0.6) is 0 Å². The first kappa shape index (κ1) is 48.2. The highest BCUT2D eigenvalue weighted by Crippen LogP contribution is 2.10. The molecule has 2 atom stereocenters. The number of unbranched alkanes of at least 4 members (excludes halogenated alkanes) is 2. The van der Waals surface area contributed by atoms with Crippen LogP contribution in [0.1, 0.15) is 110 Å². The molecule has 0 aromatic carbocycles. The molecule has 8 nitrogen and oxygen atoms in total. The number of carboxylic acid groups (broad SMARTS) is 1. The molecular weight excluding hydrogens is 654 g/mol. The lowest BCUT2D eigenvalue weighted by Gasteiger charge is -2.31. The molecule has 0 saturated heterocycles. The molecule has 0 rings (SSSR count). The molecule has 0 aromatic rings. The maximum absolute atomic E-state index is 12.6. The zero-order valence-corrected chi connectivity index (χ0v) is 33.0. The summed E-state index contributed by atoms with van der Waals surface area (Å²) in [7, 11) is 5.47. The number of carboxylic acids is 1. The van der Waals surface area contributed by atoms with Gasteiger partial charge in [0.2, 0.25) is 0 Å². The van der Waals surface area contributed by atoms with Gasteiger partial charge in [-0.3, -0.25) is 9.59 Å². The molecule has 0 fully saturated rings. The van der Waals surface area contributed by atoms with Crippen LogP contribution >= 0.6 is 0 Å². The Balaban J connectivity index is 4.58. The van der Waals surface area contributed by atoms with E-state index in [0.29, 0.717) is 19.3 Å². The Morgan fingerprint density at radius 3 is 1.38 bits per heavy atom. The van der Waals surface area contributed by atoms with Crippen molar-refractivity contribution in [3.63, 3.8) is 0 Å². The van der Waals surface area contributed by atoms with Gasteiger partial charge >= 0.3 is 17.9 Å². The second kappa shape index (κ2) is 34.3. The van der Waals surface area contributed by atoms with Crippen LogP contribution in [0, 0.1) is 0 Å². The van der Waals surface area contributed by atoms with Crippen LogP contribution in [-0.2, 0) is 28.6 Å². The molecule has 0 amide bonds. The Kier molecular flexibility index (Phi) is 31.9. The second-order valence-corrected chi connectivity index (χ2v) is 13.4. The number of carbonyl (C=O) groups excluding carboxylic acids is 2. The maximum atomic E-state index is 12.6. The van der Waals surface area contributed by atoms with Crippen molar-refractivity contribution < 1.29 is 38.2 Å².